The summed E-state index contributed by atoms with van der Waals surface area (Å²) in [6, 6.07) is 0.717. The predicted molar refractivity (Wildman–Crippen MR) is 73.5 cm³/mol. The molecule has 5 heteroatoms. The van der Waals surface area contributed by atoms with Crippen molar-refractivity contribution in [3.63, 3.8) is 0 Å². The molecule has 4 nitrogen and oxygen atoms in total. The quantitative estimate of drug-likeness (QED) is 0.797. The normalized spacial score (nSPS) is 14.9. The lowest BCUT2D eigenvalue weighted by molar-refractivity contribution is 0.670. The summed E-state index contributed by atoms with van der Waals surface area (Å²) in [6.07, 6.45) is 8.42. The first kappa shape index (κ1) is 12.6. The molecule has 0 aromatic carbocycles. The Bertz CT molecular complexity index is 354. The van der Waals surface area contributed by atoms with E-state index in [1.54, 1.807) is 0 Å². The second-order valence-corrected chi connectivity index (χ2v) is 5.42. The van der Waals surface area contributed by atoms with Gasteiger partial charge in [0.25, 0.3) is 0 Å². The fraction of sp³-hybridized carbons (Fsp3) is 0.667. The molecule has 0 amide bonds. The number of hydrogen-bond acceptors (Lipinski definition) is 5. The molecule has 0 spiro atoms. The second-order valence-electron chi connectivity index (χ2n) is 4.44. The van der Waals surface area contributed by atoms with Crippen LogP contribution in [0.25, 0.3) is 0 Å². The Labute approximate surface area is 107 Å². The summed E-state index contributed by atoms with van der Waals surface area (Å²) in [5.41, 5.74) is 1.03. The van der Waals surface area contributed by atoms with Gasteiger partial charge in [0.15, 0.2) is 0 Å². The molecule has 0 unspecified atom stereocenters. The molecular formula is C12H20N4S. The highest BCUT2D eigenvalue weighted by Gasteiger charge is 2.20. The highest BCUT2D eigenvalue weighted by molar-refractivity contribution is 7.98. The first-order valence-corrected chi connectivity index (χ1v) is 7.43. The molecule has 2 rings (SSSR count). The van der Waals surface area contributed by atoms with E-state index in [0.717, 1.165) is 36.4 Å². The average molecular weight is 252 g/mol. The number of nitrogens with one attached hydrogen (secondary N) is 1. The topological polar surface area (TPSA) is 41.1 Å². The molecule has 94 valence electrons. The maximum absolute atomic E-state index is 4.62. The Kier molecular flexibility index (Phi) is 4.62. The summed E-state index contributed by atoms with van der Waals surface area (Å²) in [7, 11) is 2.07. The van der Waals surface area contributed by atoms with Gasteiger partial charge in [0, 0.05) is 38.1 Å². The maximum Gasteiger partial charge on any atom is 0.147 e. The zero-order valence-electron chi connectivity index (χ0n) is 10.5. The van der Waals surface area contributed by atoms with Crippen LogP contribution in [0.2, 0.25) is 0 Å². The lowest BCUT2D eigenvalue weighted by Crippen LogP contribution is -2.23. The summed E-state index contributed by atoms with van der Waals surface area (Å²) in [4.78, 5) is 11.0. The third kappa shape index (κ3) is 4.16. The van der Waals surface area contributed by atoms with Gasteiger partial charge in [0.05, 0.1) is 11.9 Å². The van der Waals surface area contributed by atoms with Gasteiger partial charge < -0.3 is 10.2 Å². The lowest BCUT2D eigenvalue weighted by Gasteiger charge is -2.17. The summed E-state index contributed by atoms with van der Waals surface area (Å²) in [5, 5.41) is 3.46. The van der Waals surface area contributed by atoms with Crippen molar-refractivity contribution in [2.75, 3.05) is 30.5 Å². The second kappa shape index (κ2) is 6.21. The van der Waals surface area contributed by atoms with E-state index in [-0.39, 0.29) is 0 Å². The van der Waals surface area contributed by atoms with Gasteiger partial charge in [-0.2, -0.15) is 11.8 Å². The van der Waals surface area contributed by atoms with Gasteiger partial charge in [-0.1, -0.05) is 0 Å². The Morgan fingerprint density at radius 3 is 3.00 bits per heavy atom. The van der Waals surface area contributed by atoms with Crippen LogP contribution in [-0.4, -0.2) is 41.6 Å². The van der Waals surface area contributed by atoms with Crippen LogP contribution in [0.1, 0.15) is 18.5 Å². The van der Waals surface area contributed by atoms with E-state index in [0.29, 0.717) is 0 Å². The maximum atomic E-state index is 4.62. The van der Waals surface area contributed by atoms with Crippen molar-refractivity contribution in [1.29, 1.82) is 0 Å². The van der Waals surface area contributed by atoms with Crippen LogP contribution in [0.4, 0.5) is 5.82 Å². The minimum Gasteiger partial charge on any atom is -0.358 e. The highest BCUT2D eigenvalue weighted by atomic mass is 32.2. The standard InChI is InChI=1S/C12H20N4S/c1-16(5-6-17-2)12-9-13-7-11(15-12)8-14-10-3-4-10/h7,9-10,14H,3-6,8H2,1-2H3. The first-order chi connectivity index (χ1) is 8.29. The van der Waals surface area contributed by atoms with E-state index in [9.17, 15) is 0 Å². The van der Waals surface area contributed by atoms with E-state index in [2.05, 4.69) is 33.5 Å². The third-order valence-corrected chi connectivity index (χ3v) is 3.43. The Morgan fingerprint density at radius 2 is 2.29 bits per heavy atom. The summed E-state index contributed by atoms with van der Waals surface area (Å²) >= 11 is 1.85. The molecule has 1 fully saturated rings. The van der Waals surface area contributed by atoms with Crippen LogP contribution in [-0.2, 0) is 6.54 Å². The van der Waals surface area contributed by atoms with Crippen molar-refractivity contribution in [3.8, 4) is 0 Å². The van der Waals surface area contributed by atoms with E-state index >= 15 is 0 Å². The van der Waals surface area contributed by atoms with Gasteiger partial charge in [0.2, 0.25) is 0 Å². The van der Waals surface area contributed by atoms with Crippen molar-refractivity contribution < 1.29 is 0 Å². The average Bonchev–Trinajstić information content (AvgIpc) is 3.18. The fourth-order valence-electron chi connectivity index (χ4n) is 1.54. The molecule has 1 aliphatic carbocycles. The van der Waals surface area contributed by atoms with Crippen molar-refractivity contribution in [2.24, 2.45) is 0 Å². The molecule has 1 saturated carbocycles. The zero-order chi connectivity index (χ0) is 12.1. The smallest absolute Gasteiger partial charge is 0.147 e. The third-order valence-electron chi connectivity index (χ3n) is 2.84. The van der Waals surface area contributed by atoms with Gasteiger partial charge in [-0.3, -0.25) is 4.98 Å². The number of rotatable bonds is 7. The van der Waals surface area contributed by atoms with Crippen LogP contribution in [0.5, 0.6) is 0 Å². The first-order valence-electron chi connectivity index (χ1n) is 6.04. The SMILES string of the molecule is CSCCN(C)c1cncc(CNC2CC2)n1. The van der Waals surface area contributed by atoms with Gasteiger partial charge in [-0.15, -0.1) is 0 Å². The molecule has 0 bridgehead atoms. The number of anilines is 1. The molecule has 0 radical (unpaired) electrons. The van der Waals surface area contributed by atoms with Gasteiger partial charge in [-0.25, -0.2) is 4.98 Å². The zero-order valence-corrected chi connectivity index (χ0v) is 11.3. The summed E-state index contributed by atoms with van der Waals surface area (Å²) in [6.45, 7) is 1.84. The molecule has 1 aliphatic rings. The molecule has 0 aliphatic heterocycles. The molecule has 1 N–H and O–H groups in total. The minimum atomic E-state index is 0.717. The van der Waals surface area contributed by atoms with Gasteiger partial charge in [0.1, 0.15) is 5.82 Å². The van der Waals surface area contributed by atoms with Crippen LogP contribution >= 0.6 is 11.8 Å². The van der Waals surface area contributed by atoms with E-state index in [1.165, 1.54) is 12.8 Å². The van der Waals surface area contributed by atoms with Gasteiger partial charge >= 0.3 is 0 Å². The molecular weight excluding hydrogens is 232 g/mol. The predicted octanol–water partition coefficient (Wildman–Crippen LogP) is 1.53. The Hall–Kier alpha value is -0.810. The van der Waals surface area contributed by atoms with Crippen molar-refractivity contribution in [1.82, 2.24) is 15.3 Å². The van der Waals surface area contributed by atoms with E-state index < -0.39 is 0 Å². The Morgan fingerprint density at radius 1 is 1.47 bits per heavy atom. The van der Waals surface area contributed by atoms with E-state index in [1.807, 2.05) is 24.2 Å². The minimum absolute atomic E-state index is 0.717. The summed E-state index contributed by atoms with van der Waals surface area (Å²) < 4.78 is 0. The molecule has 1 heterocycles. The van der Waals surface area contributed by atoms with E-state index in [4.69, 9.17) is 0 Å². The molecule has 1 aromatic rings. The lowest BCUT2D eigenvalue weighted by atomic mass is 10.4. The molecule has 0 saturated heterocycles. The molecule has 17 heavy (non-hydrogen) atoms. The summed E-state index contributed by atoms with van der Waals surface area (Å²) in [5.74, 6) is 2.08. The monoisotopic (exact) mass is 252 g/mol. The number of thioether (sulfide) groups is 1. The van der Waals surface area contributed by atoms with Crippen molar-refractivity contribution in [2.45, 2.75) is 25.4 Å². The fourth-order valence-corrected chi connectivity index (χ4v) is 2.00. The van der Waals surface area contributed by atoms with Crippen molar-refractivity contribution >= 4 is 17.6 Å². The number of aromatic nitrogens is 2. The largest absolute Gasteiger partial charge is 0.358 e. The number of hydrogen-bond donors (Lipinski definition) is 1. The van der Waals surface area contributed by atoms with Gasteiger partial charge in [-0.05, 0) is 19.1 Å². The van der Waals surface area contributed by atoms with Crippen molar-refractivity contribution in [3.05, 3.63) is 18.1 Å². The van der Waals surface area contributed by atoms with Crippen LogP contribution < -0.4 is 10.2 Å². The molecule has 0 atom stereocenters. The van der Waals surface area contributed by atoms with Crippen LogP contribution in [0.3, 0.4) is 0 Å². The molecule has 1 aromatic heterocycles. The van der Waals surface area contributed by atoms with Crippen LogP contribution in [0, 0.1) is 0 Å². The Balaban J connectivity index is 1.89. The number of nitrogens with zero attached hydrogens (tertiary/aromatic N) is 3. The highest BCUT2D eigenvalue weighted by Crippen LogP contribution is 2.19. The van der Waals surface area contributed by atoms with Crippen LogP contribution in [0.15, 0.2) is 12.4 Å².